The van der Waals surface area contributed by atoms with Crippen molar-refractivity contribution >= 4 is 34.8 Å². The van der Waals surface area contributed by atoms with Crippen LogP contribution in [-0.2, 0) is 0 Å². The van der Waals surface area contributed by atoms with Gasteiger partial charge in [-0.1, -0.05) is 29.3 Å². The lowest BCUT2D eigenvalue weighted by Gasteiger charge is -2.13. The third-order valence-corrected chi connectivity index (χ3v) is 3.76. The van der Waals surface area contributed by atoms with E-state index < -0.39 is 11.7 Å². The van der Waals surface area contributed by atoms with Crippen LogP contribution in [0.3, 0.4) is 0 Å². The molecule has 0 aliphatic rings. The van der Waals surface area contributed by atoms with Crippen LogP contribution < -0.4 is 5.32 Å². The average molecular weight is 350 g/mol. The molecule has 0 aliphatic heterocycles. The fraction of sp³-hybridized carbons (Fsp3) is 0. The molecule has 1 amide bonds. The van der Waals surface area contributed by atoms with Crippen LogP contribution in [0.4, 0.5) is 10.1 Å². The molecule has 0 radical (unpaired) electrons. The second kappa shape index (κ2) is 6.40. The van der Waals surface area contributed by atoms with Crippen molar-refractivity contribution in [3.05, 3.63) is 76.3 Å². The summed E-state index contributed by atoms with van der Waals surface area (Å²) in [7, 11) is 0. The van der Waals surface area contributed by atoms with Crippen molar-refractivity contribution in [1.82, 2.24) is 9.78 Å². The van der Waals surface area contributed by atoms with Crippen molar-refractivity contribution in [1.29, 1.82) is 0 Å². The van der Waals surface area contributed by atoms with Gasteiger partial charge in [0.2, 0.25) is 0 Å². The van der Waals surface area contributed by atoms with Gasteiger partial charge in [0, 0.05) is 12.4 Å². The fourth-order valence-electron chi connectivity index (χ4n) is 2.11. The van der Waals surface area contributed by atoms with Gasteiger partial charge >= 0.3 is 0 Å². The number of carbonyl (C=O) groups is 1. The molecule has 0 saturated carbocycles. The minimum Gasteiger partial charge on any atom is -0.320 e. The van der Waals surface area contributed by atoms with E-state index in [0.29, 0.717) is 16.4 Å². The van der Waals surface area contributed by atoms with Crippen LogP contribution in [-0.4, -0.2) is 15.7 Å². The van der Waals surface area contributed by atoms with Crippen molar-refractivity contribution < 1.29 is 9.18 Å². The number of halogens is 3. The van der Waals surface area contributed by atoms with E-state index in [2.05, 4.69) is 10.4 Å². The topological polar surface area (TPSA) is 46.9 Å². The SMILES string of the molecule is O=C(Nc1cccc(Cl)c1-n1cccn1)c1ccc(F)cc1Cl. The molecular weight excluding hydrogens is 340 g/mol. The molecule has 0 saturated heterocycles. The number of aromatic nitrogens is 2. The van der Waals surface area contributed by atoms with Gasteiger partial charge in [0.1, 0.15) is 11.5 Å². The van der Waals surface area contributed by atoms with Crippen LogP contribution in [0.5, 0.6) is 0 Å². The van der Waals surface area contributed by atoms with Crippen LogP contribution >= 0.6 is 23.2 Å². The van der Waals surface area contributed by atoms with Crippen molar-refractivity contribution in [3.63, 3.8) is 0 Å². The van der Waals surface area contributed by atoms with Crippen LogP contribution in [0.25, 0.3) is 5.69 Å². The summed E-state index contributed by atoms with van der Waals surface area (Å²) in [5.41, 5.74) is 1.16. The van der Waals surface area contributed by atoms with Crippen LogP contribution in [0.15, 0.2) is 54.9 Å². The third-order valence-electron chi connectivity index (χ3n) is 3.14. The lowest BCUT2D eigenvalue weighted by Crippen LogP contribution is -2.15. The molecule has 0 bridgehead atoms. The molecule has 1 N–H and O–H groups in total. The van der Waals surface area contributed by atoms with E-state index in [1.807, 2.05) is 0 Å². The first kappa shape index (κ1) is 15.5. The zero-order valence-electron chi connectivity index (χ0n) is 11.6. The zero-order valence-corrected chi connectivity index (χ0v) is 13.1. The summed E-state index contributed by atoms with van der Waals surface area (Å²) in [5, 5.41) is 7.31. The molecule has 0 spiro atoms. The number of carbonyl (C=O) groups excluding carboxylic acids is 1. The molecule has 0 unspecified atom stereocenters. The Balaban J connectivity index is 1.97. The first-order valence-corrected chi connectivity index (χ1v) is 7.37. The Bertz CT molecular complexity index is 866. The molecule has 23 heavy (non-hydrogen) atoms. The largest absolute Gasteiger partial charge is 0.320 e. The Morgan fingerprint density at radius 1 is 1.13 bits per heavy atom. The molecule has 3 aromatic rings. The number of para-hydroxylation sites is 1. The van der Waals surface area contributed by atoms with Gasteiger partial charge in [0.05, 0.1) is 21.3 Å². The van der Waals surface area contributed by atoms with Gasteiger partial charge in [0.15, 0.2) is 0 Å². The predicted octanol–water partition coefficient (Wildman–Crippen LogP) is 4.57. The van der Waals surface area contributed by atoms with Gasteiger partial charge in [-0.2, -0.15) is 5.10 Å². The van der Waals surface area contributed by atoms with Gasteiger partial charge in [-0.25, -0.2) is 9.07 Å². The molecule has 1 aromatic heterocycles. The minimum absolute atomic E-state index is 0.0326. The Hall–Kier alpha value is -2.37. The zero-order chi connectivity index (χ0) is 16.4. The third kappa shape index (κ3) is 3.21. The second-order valence-electron chi connectivity index (χ2n) is 4.66. The van der Waals surface area contributed by atoms with E-state index in [4.69, 9.17) is 23.2 Å². The predicted molar refractivity (Wildman–Crippen MR) is 87.9 cm³/mol. The van der Waals surface area contributed by atoms with Crippen molar-refractivity contribution in [3.8, 4) is 5.69 Å². The van der Waals surface area contributed by atoms with E-state index in [0.717, 1.165) is 6.07 Å². The van der Waals surface area contributed by atoms with E-state index in [9.17, 15) is 9.18 Å². The highest BCUT2D eigenvalue weighted by molar-refractivity contribution is 6.35. The molecule has 1 heterocycles. The lowest BCUT2D eigenvalue weighted by atomic mass is 10.2. The van der Waals surface area contributed by atoms with Gasteiger partial charge in [-0.05, 0) is 36.4 Å². The van der Waals surface area contributed by atoms with E-state index >= 15 is 0 Å². The Labute approximate surface area is 141 Å². The van der Waals surface area contributed by atoms with Gasteiger partial charge in [0.25, 0.3) is 5.91 Å². The molecule has 0 atom stereocenters. The normalized spacial score (nSPS) is 10.6. The Morgan fingerprint density at radius 3 is 2.65 bits per heavy atom. The highest BCUT2D eigenvalue weighted by Gasteiger charge is 2.15. The quantitative estimate of drug-likeness (QED) is 0.752. The number of hydrogen-bond donors (Lipinski definition) is 1. The maximum atomic E-state index is 13.1. The second-order valence-corrected chi connectivity index (χ2v) is 5.48. The fourth-order valence-corrected chi connectivity index (χ4v) is 2.63. The molecule has 3 rings (SSSR count). The van der Waals surface area contributed by atoms with Gasteiger partial charge < -0.3 is 5.32 Å². The summed E-state index contributed by atoms with van der Waals surface area (Å²) in [6.45, 7) is 0. The molecule has 7 heteroatoms. The number of nitrogens with zero attached hydrogens (tertiary/aromatic N) is 2. The summed E-state index contributed by atoms with van der Waals surface area (Å²) in [4.78, 5) is 12.4. The number of anilines is 1. The molecule has 4 nitrogen and oxygen atoms in total. The summed E-state index contributed by atoms with van der Waals surface area (Å²) < 4.78 is 14.6. The monoisotopic (exact) mass is 349 g/mol. The van der Waals surface area contributed by atoms with Crippen molar-refractivity contribution in [2.45, 2.75) is 0 Å². The molecule has 116 valence electrons. The minimum atomic E-state index is -0.508. The number of amides is 1. The van der Waals surface area contributed by atoms with Gasteiger partial charge in [-0.3, -0.25) is 4.79 Å². The Kier molecular flexibility index (Phi) is 4.32. The smallest absolute Gasteiger partial charge is 0.257 e. The highest BCUT2D eigenvalue weighted by atomic mass is 35.5. The Morgan fingerprint density at radius 2 is 1.96 bits per heavy atom. The summed E-state index contributed by atoms with van der Waals surface area (Å²) in [6, 6.07) is 10.4. The van der Waals surface area contributed by atoms with Crippen LogP contribution in [0, 0.1) is 5.82 Å². The first-order valence-electron chi connectivity index (χ1n) is 6.61. The number of nitrogens with one attached hydrogen (secondary N) is 1. The standard InChI is InChI=1S/C16H10Cl2FN3O/c17-12-3-1-4-14(15(12)22-8-2-7-20-22)21-16(23)11-6-5-10(19)9-13(11)18/h1-9H,(H,21,23). The van der Waals surface area contributed by atoms with Crippen molar-refractivity contribution in [2.75, 3.05) is 5.32 Å². The van der Waals surface area contributed by atoms with Crippen LogP contribution in [0.2, 0.25) is 10.0 Å². The van der Waals surface area contributed by atoms with Crippen LogP contribution in [0.1, 0.15) is 10.4 Å². The summed E-state index contributed by atoms with van der Waals surface area (Å²) in [6.07, 6.45) is 3.31. The van der Waals surface area contributed by atoms with Gasteiger partial charge in [-0.15, -0.1) is 0 Å². The molecular formula is C16H10Cl2FN3O. The molecule has 0 fully saturated rings. The number of rotatable bonds is 3. The average Bonchev–Trinajstić information content (AvgIpc) is 3.01. The summed E-state index contributed by atoms with van der Waals surface area (Å²) >= 11 is 12.1. The van der Waals surface area contributed by atoms with E-state index in [-0.39, 0.29) is 10.6 Å². The maximum Gasteiger partial charge on any atom is 0.257 e. The number of benzene rings is 2. The van der Waals surface area contributed by atoms with E-state index in [1.54, 1.807) is 41.3 Å². The molecule has 0 aliphatic carbocycles. The first-order chi connectivity index (χ1) is 11.1. The van der Waals surface area contributed by atoms with Crippen molar-refractivity contribution in [2.24, 2.45) is 0 Å². The van der Waals surface area contributed by atoms with E-state index in [1.165, 1.54) is 12.1 Å². The number of hydrogen-bond acceptors (Lipinski definition) is 2. The maximum absolute atomic E-state index is 13.1. The lowest BCUT2D eigenvalue weighted by molar-refractivity contribution is 0.102. The highest BCUT2D eigenvalue weighted by Crippen LogP contribution is 2.29. The molecule has 2 aromatic carbocycles. The summed E-state index contributed by atoms with van der Waals surface area (Å²) in [5.74, 6) is -0.975.